The number of hydrogen-bond donors (Lipinski definition) is 1. The highest BCUT2D eigenvalue weighted by molar-refractivity contribution is 5.87. The molecule has 0 spiro atoms. The number of nitro groups is 1. The molecule has 0 amide bonds. The van der Waals surface area contributed by atoms with Gasteiger partial charge < -0.3 is 5.11 Å². The quantitative estimate of drug-likeness (QED) is 0.666. The number of nitrogens with zero attached hydrogens (tertiary/aromatic N) is 1. The van der Waals surface area contributed by atoms with Crippen LogP contribution in [0.5, 0.6) is 0 Å². The molecule has 0 saturated heterocycles. The van der Waals surface area contributed by atoms with E-state index in [4.69, 9.17) is 0 Å². The maximum atomic E-state index is 11.8. The second kappa shape index (κ2) is 4.35. The molecule has 1 N–H and O–H groups in total. The van der Waals surface area contributed by atoms with Crippen molar-refractivity contribution in [1.29, 1.82) is 0 Å². The minimum Gasteiger partial charge on any atom is -0.480 e. The standard InChI is InChI=1S/C14H13NO4/c1-13(15(18)19)9-5-6-10-14(13,12(16)17)11-7-3-2-4-8-11/h2-10H,1H3,(H,16,17). The van der Waals surface area contributed by atoms with Crippen LogP contribution in [0, 0.1) is 10.1 Å². The SMILES string of the molecule is CC1([N+](=O)[O-])C=CC=CC1(C(=O)O)c1ccccc1. The lowest BCUT2D eigenvalue weighted by Crippen LogP contribution is -2.58. The van der Waals surface area contributed by atoms with Crippen LogP contribution in [0.2, 0.25) is 0 Å². The summed E-state index contributed by atoms with van der Waals surface area (Å²) >= 11 is 0. The zero-order valence-corrected chi connectivity index (χ0v) is 10.3. The van der Waals surface area contributed by atoms with Crippen molar-refractivity contribution in [1.82, 2.24) is 0 Å². The lowest BCUT2D eigenvalue weighted by Gasteiger charge is -2.36. The molecule has 0 saturated carbocycles. The fourth-order valence-corrected chi connectivity index (χ4v) is 2.45. The maximum absolute atomic E-state index is 11.8. The molecule has 1 aliphatic rings. The monoisotopic (exact) mass is 259 g/mol. The van der Waals surface area contributed by atoms with Crippen molar-refractivity contribution in [2.45, 2.75) is 17.9 Å². The second-order valence-corrected chi connectivity index (χ2v) is 4.60. The van der Waals surface area contributed by atoms with Gasteiger partial charge in [-0.15, -0.1) is 0 Å². The van der Waals surface area contributed by atoms with Crippen LogP contribution >= 0.6 is 0 Å². The van der Waals surface area contributed by atoms with Gasteiger partial charge in [0.05, 0.1) is 0 Å². The van der Waals surface area contributed by atoms with Gasteiger partial charge in [0.25, 0.3) is 5.54 Å². The van der Waals surface area contributed by atoms with Gasteiger partial charge in [-0.3, -0.25) is 14.9 Å². The third kappa shape index (κ3) is 1.66. The van der Waals surface area contributed by atoms with Gasteiger partial charge in [-0.1, -0.05) is 48.6 Å². The maximum Gasteiger partial charge on any atom is 0.325 e. The van der Waals surface area contributed by atoms with Gasteiger partial charge in [0.2, 0.25) is 0 Å². The van der Waals surface area contributed by atoms with Crippen LogP contribution in [0.1, 0.15) is 12.5 Å². The van der Waals surface area contributed by atoms with Crippen LogP contribution in [0.3, 0.4) is 0 Å². The van der Waals surface area contributed by atoms with Crippen LogP contribution in [0.4, 0.5) is 0 Å². The Kier molecular flexibility index (Phi) is 2.98. The second-order valence-electron chi connectivity index (χ2n) is 4.60. The molecule has 19 heavy (non-hydrogen) atoms. The molecule has 5 nitrogen and oxygen atoms in total. The molecular weight excluding hydrogens is 246 g/mol. The average molecular weight is 259 g/mol. The van der Waals surface area contributed by atoms with Crippen LogP contribution < -0.4 is 0 Å². The Morgan fingerprint density at radius 1 is 1.21 bits per heavy atom. The Hall–Kier alpha value is -2.43. The van der Waals surface area contributed by atoms with Crippen molar-refractivity contribution in [3.8, 4) is 0 Å². The minimum atomic E-state index is -1.73. The highest BCUT2D eigenvalue weighted by atomic mass is 16.6. The van der Waals surface area contributed by atoms with Crippen molar-refractivity contribution in [3.63, 3.8) is 0 Å². The van der Waals surface area contributed by atoms with Gasteiger partial charge in [-0.05, 0) is 11.6 Å². The molecule has 0 fully saturated rings. The van der Waals surface area contributed by atoms with Gasteiger partial charge in [0.1, 0.15) is 0 Å². The topological polar surface area (TPSA) is 80.4 Å². The molecule has 5 heteroatoms. The fraction of sp³-hybridized carbons (Fsp3) is 0.214. The van der Waals surface area contributed by atoms with Crippen LogP contribution in [0.25, 0.3) is 0 Å². The Morgan fingerprint density at radius 3 is 2.32 bits per heavy atom. The lowest BCUT2D eigenvalue weighted by atomic mass is 9.64. The molecule has 2 rings (SSSR count). The summed E-state index contributed by atoms with van der Waals surface area (Å²) in [5, 5.41) is 21.1. The van der Waals surface area contributed by atoms with Crippen molar-refractivity contribution >= 4 is 5.97 Å². The van der Waals surface area contributed by atoms with Gasteiger partial charge in [-0.2, -0.15) is 0 Å². The van der Waals surface area contributed by atoms with Crippen molar-refractivity contribution < 1.29 is 14.8 Å². The van der Waals surface area contributed by atoms with Crippen molar-refractivity contribution in [2.75, 3.05) is 0 Å². The summed E-state index contributed by atoms with van der Waals surface area (Å²) in [6, 6.07) is 8.28. The number of benzene rings is 1. The third-order valence-electron chi connectivity index (χ3n) is 3.62. The molecular formula is C14H13NO4. The van der Waals surface area contributed by atoms with Gasteiger partial charge in [-0.25, -0.2) is 0 Å². The molecule has 1 aliphatic carbocycles. The predicted octanol–water partition coefficient (Wildman–Crippen LogP) is 2.17. The summed E-state index contributed by atoms with van der Waals surface area (Å²) < 4.78 is 0. The first-order chi connectivity index (χ1) is 8.95. The molecule has 0 aliphatic heterocycles. The number of carboxylic acid groups (broad SMARTS) is 1. The fourth-order valence-electron chi connectivity index (χ4n) is 2.45. The van der Waals surface area contributed by atoms with E-state index < -0.39 is 21.8 Å². The van der Waals surface area contributed by atoms with E-state index in [0.717, 1.165) is 0 Å². The highest BCUT2D eigenvalue weighted by Gasteiger charge is 2.62. The summed E-state index contributed by atoms with van der Waals surface area (Å²) in [4.78, 5) is 22.7. The van der Waals surface area contributed by atoms with Crippen molar-refractivity contribution in [2.24, 2.45) is 0 Å². The third-order valence-corrected chi connectivity index (χ3v) is 3.62. The average Bonchev–Trinajstić information content (AvgIpc) is 2.40. The molecule has 0 bridgehead atoms. The van der Waals surface area contributed by atoms with Crippen LogP contribution in [0.15, 0.2) is 54.6 Å². The zero-order chi connectivity index (χ0) is 14.1. The molecule has 0 heterocycles. The number of aliphatic carboxylic acids is 1. The highest BCUT2D eigenvalue weighted by Crippen LogP contribution is 2.42. The summed E-state index contributed by atoms with van der Waals surface area (Å²) in [5.41, 5.74) is -3.04. The molecule has 1 aromatic rings. The smallest absolute Gasteiger partial charge is 0.325 e. The molecule has 1 aromatic carbocycles. The minimum absolute atomic E-state index is 0.391. The first kappa shape index (κ1) is 13.0. The normalized spacial score (nSPS) is 29.1. The summed E-state index contributed by atoms with van der Waals surface area (Å²) in [6.07, 6.45) is 5.75. The number of hydrogen-bond acceptors (Lipinski definition) is 3. The van der Waals surface area contributed by atoms with E-state index in [1.807, 2.05) is 0 Å². The van der Waals surface area contributed by atoms with E-state index in [1.165, 1.54) is 31.2 Å². The zero-order valence-electron chi connectivity index (χ0n) is 10.3. The van der Waals surface area contributed by atoms with E-state index >= 15 is 0 Å². The Bertz CT molecular complexity index is 578. The first-order valence-corrected chi connectivity index (χ1v) is 5.75. The number of allylic oxidation sites excluding steroid dienone is 2. The summed E-state index contributed by atoms with van der Waals surface area (Å²) in [5.74, 6) is -1.24. The first-order valence-electron chi connectivity index (χ1n) is 5.75. The van der Waals surface area contributed by atoms with E-state index in [9.17, 15) is 20.0 Å². The predicted molar refractivity (Wildman–Crippen MR) is 69.4 cm³/mol. The van der Waals surface area contributed by atoms with E-state index in [1.54, 1.807) is 30.3 Å². The molecule has 98 valence electrons. The van der Waals surface area contributed by atoms with E-state index in [2.05, 4.69) is 0 Å². The van der Waals surface area contributed by atoms with Gasteiger partial charge in [0, 0.05) is 11.8 Å². The van der Waals surface area contributed by atoms with Gasteiger partial charge >= 0.3 is 5.97 Å². The molecule has 2 atom stereocenters. The Labute approximate surface area is 110 Å². The summed E-state index contributed by atoms with van der Waals surface area (Å²) in [6.45, 7) is 1.33. The molecule has 0 aromatic heterocycles. The lowest BCUT2D eigenvalue weighted by molar-refractivity contribution is -0.559. The molecule has 0 radical (unpaired) electrons. The number of carbonyl (C=O) groups is 1. The van der Waals surface area contributed by atoms with Crippen LogP contribution in [-0.4, -0.2) is 21.5 Å². The number of carboxylic acids is 1. The largest absolute Gasteiger partial charge is 0.480 e. The van der Waals surface area contributed by atoms with Gasteiger partial charge in [0.15, 0.2) is 5.41 Å². The number of rotatable bonds is 3. The molecule has 2 unspecified atom stereocenters. The Balaban J connectivity index is 2.76. The Morgan fingerprint density at radius 2 is 1.79 bits per heavy atom. The van der Waals surface area contributed by atoms with Crippen molar-refractivity contribution in [3.05, 3.63) is 70.3 Å². The van der Waals surface area contributed by atoms with Crippen LogP contribution in [-0.2, 0) is 10.2 Å². The van der Waals surface area contributed by atoms with E-state index in [-0.39, 0.29) is 0 Å². The van der Waals surface area contributed by atoms with E-state index in [0.29, 0.717) is 5.56 Å². The summed E-state index contributed by atoms with van der Waals surface area (Å²) in [7, 11) is 0.